The zero-order valence-electron chi connectivity index (χ0n) is 7.88. The van der Waals surface area contributed by atoms with E-state index in [1.165, 1.54) is 0 Å². The number of aromatic nitrogens is 2. The Kier molecular flexibility index (Phi) is 2.68. The zero-order valence-corrected chi connectivity index (χ0v) is 8.70. The molecule has 0 bridgehead atoms. The second-order valence-electron chi connectivity index (χ2n) is 2.86. The topological polar surface area (TPSA) is 87.0 Å². The fourth-order valence-corrected chi connectivity index (χ4v) is 1.69. The number of thiophene rings is 1. The van der Waals surface area contributed by atoms with Crippen molar-refractivity contribution >= 4 is 23.1 Å². The van der Waals surface area contributed by atoms with Gasteiger partial charge in [-0.05, 0) is 11.4 Å². The molecule has 78 valence electrons. The molecule has 0 spiro atoms. The van der Waals surface area contributed by atoms with E-state index >= 15 is 0 Å². The molecule has 0 saturated heterocycles. The summed E-state index contributed by atoms with van der Waals surface area (Å²) in [6, 6.07) is 5.49. The molecule has 2 aromatic heterocycles. The van der Waals surface area contributed by atoms with Crippen molar-refractivity contribution in [3.8, 4) is 5.88 Å². The number of nitrogens with zero attached hydrogens (tertiary/aromatic N) is 2. The molecule has 2 aromatic rings. The smallest absolute Gasteiger partial charge is 0.225 e. The van der Waals surface area contributed by atoms with Gasteiger partial charge in [0, 0.05) is 10.9 Å². The first-order chi connectivity index (χ1) is 7.24. The van der Waals surface area contributed by atoms with E-state index in [1.54, 1.807) is 17.4 Å². The predicted octanol–water partition coefficient (Wildman–Crippen LogP) is 1.28. The number of anilines is 2. The molecular formula is C9H10N4OS. The lowest BCUT2D eigenvalue weighted by atomic mass is 10.5. The largest absolute Gasteiger partial charge is 0.472 e. The third kappa shape index (κ3) is 2.57. The van der Waals surface area contributed by atoms with Crippen molar-refractivity contribution in [2.45, 2.75) is 6.61 Å². The van der Waals surface area contributed by atoms with Crippen molar-refractivity contribution < 1.29 is 4.74 Å². The number of nitrogens with two attached hydrogens (primary N) is 2. The average molecular weight is 222 g/mol. The quantitative estimate of drug-likeness (QED) is 0.816. The highest BCUT2D eigenvalue weighted by Gasteiger charge is 2.01. The summed E-state index contributed by atoms with van der Waals surface area (Å²) in [6.45, 7) is 0.466. The Bertz CT molecular complexity index is 423. The Hall–Kier alpha value is -1.82. The van der Waals surface area contributed by atoms with Crippen LogP contribution in [-0.4, -0.2) is 9.97 Å². The van der Waals surface area contributed by atoms with Gasteiger partial charge in [-0.3, -0.25) is 0 Å². The normalized spacial score (nSPS) is 10.1. The van der Waals surface area contributed by atoms with Gasteiger partial charge < -0.3 is 16.2 Å². The van der Waals surface area contributed by atoms with Gasteiger partial charge in [-0.1, -0.05) is 6.07 Å². The standard InChI is InChI=1S/C9H10N4OS/c10-7-4-8(13-9(11)12-7)14-5-6-2-1-3-15-6/h1-4H,5H2,(H4,10,11,12,13). The SMILES string of the molecule is Nc1cc(OCc2cccs2)nc(N)n1. The summed E-state index contributed by atoms with van der Waals surface area (Å²) in [7, 11) is 0. The minimum absolute atomic E-state index is 0.121. The second kappa shape index (κ2) is 4.14. The van der Waals surface area contributed by atoms with E-state index in [0.717, 1.165) is 4.88 Å². The molecule has 0 aliphatic heterocycles. The maximum Gasteiger partial charge on any atom is 0.225 e. The van der Waals surface area contributed by atoms with Gasteiger partial charge in [-0.25, -0.2) is 0 Å². The van der Waals surface area contributed by atoms with E-state index in [2.05, 4.69) is 9.97 Å². The highest BCUT2D eigenvalue weighted by Crippen LogP contribution is 2.15. The van der Waals surface area contributed by atoms with Crippen molar-refractivity contribution in [3.63, 3.8) is 0 Å². The minimum atomic E-state index is 0.121. The fourth-order valence-electron chi connectivity index (χ4n) is 1.07. The van der Waals surface area contributed by atoms with Gasteiger partial charge in [0.15, 0.2) is 0 Å². The molecule has 0 amide bonds. The van der Waals surface area contributed by atoms with Crippen molar-refractivity contribution in [2.24, 2.45) is 0 Å². The summed E-state index contributed by atoms with van der Waals surface area (Å²) in [4.78, 5) is 8.77. The molecule has 0 saturated carbocycles. The molecular weight excluding hydrogens is 212 g/mol. The van der Waals surface area contributed by atoms with Crippen molar-refractivity contribution in [3.05, 3.63) is 28.5 Å². The summed E-state index contributed by atoms with van der Waals surface area (Å²) in [6.07, 6.45) is 0. The molecule has 2 rings (SSSR count). The first-order valence-electron chi connectivity index (χ1n) is 4.29. The van der Waals surface area contributed by atoms with Gasteiger partial charge in [-0.2, -0.15) is 9.97 Å². The highest BCUT2D eigenvalue weighted by molar-refractivity contribution is 7.09. The van der Waals surface area contributed by atoms with Crippen LogP contribution in [0.5, 0.6) is 5.88 Å². The van der Waals surface area contributed by atoms with Gasteiger partial charge in [-0.15, -0.1) is 11.3 Å². The lowest BCUT2D eigenvalue weighted by molar-refractivity contribution is 0.297. The number of ether oxygens (including phenoxy) is 1. The minimum Gasteiger partial charge on any atom is -0.472 e. The van der Waals surface area contributed by atoms with Gasteiger partial charge in [0.25, 0.3) is 0 Å². The van der Waals surface area contributed by atoms with Crippen LogP contribution in [0.25, 0.3) is 0 Å². The first kappa shape index (κ1) is 9.72. The Morgan fingerprint density at radius 3 is 2.87 bits per heavy atom. The third-order valence-electron chi connectivity index (χ3n) is 1.68. The predicted molar refractivity (Wildman–Crippen MR) is 59.5 cm³/mol. The van der Waals surface area contributed by atoms with Crippen LogP contribution in [0, 0.1) is 0 Å². The number of nitrogen functional groups attached to an aromatic ring is 2. The highest BCUT2D eigenvalue weighted by atomic mass is 32.1. The molecule has 6 heteroatoms. The Balaban J connectivity index is 2.05. The summed E-state index contributed by atoms with van der Waals surface area (Å²) >= 11 is 1.62. The van der Waals surface area contributed by atoms with Crippen molar-refractivity contribution in [1.29, 1.82) is 0 Å². The van der Waals surface area contributed by atoms with Crippen molar-refractivity contribution in [1.82, 2.24) is 9.97 Å². The third-order valence-corrected chi connectivity index (χ3v) is 2.53. The summed E-state index contributed by atoms with van der Waals surface area (Å²) in [5, 5.41) is 1.99. The molecule has 0 aromatic carbocycles. The van der Waals surface area contributed by atoms with E-state index in [1.807, 2.05) is 17.5 Å². The van der Waals surface area contributed by atoms with Crippen LogP contribution < -0.4 is 16.2 Å². The number of hydrogen-bond donors (Lipinski definition) is 2. The number of hydrogen-bond acceptors (Lipinski definition) is 6. The van der Waals surface area contributed by atoms with E-state index < -0.39 is 0 Å². The summed E-state index contributed by atoms with van der Waals surface area (Å²) in [5.41, 5.74) is 10.9. The summed E-state index contributed by atoms with van der Waals surface area (Å²) in [5.74, 6) is 0.827. The summed E-state index contributed by atoms with van der Waals surface area (Å²) < 4.78 is 5.41. The van der Waals surface area contributed by atoms with Crippen LogP contribution in [0.1, 0.15) is 4.88 Å². The van der Waals surface area contributed by atoms with Gasteiger partial charge in [0.05, 0.1) is 0 Å². The van der Waals surface area contributed by atoms with Crippen LogP contribution in [0.4, 0.5) is 11.8 Å². The number of rotatable bonds is 3. The Labute approximate surface area is 90.7 Å². The van der Waals surface area contributed by atoms with Gasteiger partial charge in [0.1, 0.15) is 12.4 Å². The first-order valence-corrected chi connectivity index (χ1v) is 5.17. The van der Waals surface area contributed by atoms with Crippen LogP contribution in [0.3, 0.4) is 0 Å². The van der Waals surface area contributed by atoms with Gasteiger partial charge in [0.2, 0.25) is 11.8 Å². The molecule has 2 heterocycles. The molecule has 5 nitrogen and oxygen atoms in total. The molecule has 0 fully saturated rings. The lowest BCUT2D eigenvalue weighted by Crippen LogP contribution is -2.02. The molecule has 4 N–H and O–H groups in total. The monoisotopic (exact) mass is 222 g/mol. The molecule has 0 aliphatic carbocycles. The maximum absolute atomic E-state index is 5.50. The van der Waals surface area contributed by atoms with Crippen LogP contribution in [-0.2, 0) is 6.61 Å². The van der Waals surface area contributed by atoms with Gasteiger partial charge >= 0.3 is 0 Å². The lowest BCUT2D eigenvalue weighted by Gasteiger charge is -2.04. The maximum atomic E-state index is 5.50. The second-order valence-corrected chi connectivity index (χ2v) is 3.89. The molecule has 15 heavy (non-hydrogen) atoms. The van der Waals surface area contributed by atoms with Crippen molar-refractivity contribution in [2.75, 3.05) is 11.5 Å². The zero-order chi connectivity index (χ0) is 10.7. The van der Waals surface area contributed by atoms with E-state index in [0.29, 0.717) is 18.3 Å². The Morgan fingerprint density at radius 2 is 2.20 bits per heavy atom. The van der Waals surface area contributed by atoms with Crippen LogP contribution in [0.15, 0.2) is 23.6 Å². The van der Waals surface area contributed by atoms with E-state index in [-0.39, 0.29) is 5.95 Å². The molecule has 0 atom stereocenters. The fraction of sp³-hybridized carbons (Fsp3) is 0.111. The van der Waals surface area contributed by atoms with Crippen LogP contribution in [0.2, 0.25) is 0 Å². The van der Waals surface area contributed by atoms with E-state index in [9.17, 15) is 0 Å². The molecule has 0 aliphatic rings. The average Bonchev–Trinajstić information content (AvgIpc) is 2.65. The molecule has 0 unspecified atom stereocenters. The Morgan fingerprint density at radius 1 is 1.33 bits per heavy atom. The van der Waals surface area contributed by atoms with E-state index in [4.69, 9.17) is 16.2 Å². The molecule has 0 radical (unpaired) electrons. The van der Waals surface area contributed by atoms with Crippen LogP contribution >= 0.6 is 11.3 Å².